The average molecular weight is 491 g/mol. The quantitative estimate of drug-likeness (QED) is 0.519. The van der Waals surface area contributed by atoms with E-state index in [1.165, 1.54) is 7.11 Å². The maximum absolute atomic E-state index is 13.0. The topological polar surface area (TPSA) is 94.2 Å². The highest BCUT2D eigenvalue weighted by atomic mass is 32.2. The van der Waals surface area contributed by atoms with Crippen molar-refractivity contribution in [2.75, 3.05) is 33.9 Å². The maximum Gasteiger partial charge on any atom is 0.243 e. The number of carbonyl (C=O) groups excluding carboxylic acids is 1. The van der Waals surface area contributed by atoms with E-state index >= 15 is 0 Å². The number of amides is 1. The number of hydrogen-bond donors (Lipinski definition) is 1. The summed E-state index contributed by atoms with van der Waals surface area (Å²) in [6, 6.07) is 11.9. The summed E-state index contributed by atoms with van der Waals surface area (Å²) >= 11 is 0. The number of carbonyl (C=O) groups is 1. The lowest BCUT2D eigenvalue weighted by molar-refractivity contribution is -0.121. The molecule has 2 aromatic rings. The van der Waals surface area contributed by atoms with Gasteiger partial charge in [-0.05, 0) is 74.2 Å². The monoisotopic (exact) mass is 490 g/mol. The Morgan fingerprint density at radius 2 is 1.68 bits per heavy atom. The van der Waals surface area contributed by atoms with E-state index in [9.17, 15) is 13.2 Å². The summed E-state index contributed by atoms with van der Waals surface area (Å²) in [6.07, 6.45) is 3.38. The van der Waals surface area contributed by atoms with Crippen molar-refractivity contribution in [1.29, 1.82) is 0 Å². The lowest BCUT2D eigenvalue weighted by Crippen LogP contribution is -2.37. The first-order valence-corrected chi connectivity index (χ1v) is 13.0. The van der Waals surface area contributed by atoms with Gasteiger partial charge in [0.2, 0.25) is 15.9 Å². The third-order valence-electron chi connectivity index (χ3n) is 5.79. The van der Waals surface area contributed by atoms with Crippen molar-refractivity contribution in [3.8, 4) is 17.2 Å². The summed E-state index contributed by atoms with van der Waals surface area (Å²) in [6.45, 7) is 3.28. The van der Waals surface area contributed by atoms with Crippen molar-refractivity contribution >= 4 is 15.9 Å². The lowest BCUT2D eigenvalue weighted by atomic mass is 10.1. The molecule has 8 nitrogen and oxygen atoms in total. The Labute approximate surface area is 202 Å². The van der Waals surface area contributed by atoms with E-state index in [0.717, 1.165) is 25.0 Å². The van der Waals surface area contributed by atoms with E-state index in [-0.39, 0.29) is 23.3 Å². The van der Waals surface area contributed by atoms with Crippen LogP contribution in [-0.4, -0.2) is 58.6 Å². The lowest BCUT2D eigenvalue weighted by Gasteiger charge is -2.26. The van der Waals surface area contributed by atoms with Crippen LogP contribution in [0, 0.1) is 0 Å². The van der Waals surface area contributed by atoms with Gasteiger partial charge in [0.05, 0.1) is 25.2 Å². The van der Waals surface area contributed by atoms with Gasteiger partial charge in [-0.25, -0.2) is 8.42 Å². The molecule has 1 N–H and O–H groups in total. The molecule has 1 aliphatic heterocycles. The van der Waals surface area contributed by atoms with E-state index in [1.54, 1.807) is 29.6 Å². The molecule has 1 atom stereocenters. The molecule has 1 amide bonds. The number of rotatable bonds is 11. The van der Waals surface area contributed by atoms with Crippen LogP contribution in [0.25, 0.3) is 0 Å². The second-order valence-corrected chi connectivity index (χ2v) is 10.3. The van der Waals surface area contributed by atoms with Crippen LogP contribution in [0.4, 0.5) is 0 Å². The first-order valence-electron chi connectivity index (χ1n) is 11.6. The number of nitrogens with one attached hydrogen (secondary N) is 1. The molecule has 1 fully saturated rings. The highest BCUT2D eigenvalue weighted by Gasteiger charge is 2.26. The first-order chi connectivity index (χ1) is 16.3. The van der Waals surface area contributed by atoms with E-state index in [1.807, 2.05) is 31.2 Å². The molecule has 0 saturated carbocycles. The molecular weight excluding hydrogens is 456 g/mol. The normalized spacial score (nSPS) is 15.4. The summed E-state index contributed by atoms with van der Waals surface area (Å²) in [4.78, 5) is 12.7. The molecule has 0 spiro atoms. The molecule has 1 heterocycles. The molecule has 186 valence electrons. The highest BCUT2D eigenvalue weighted by molar-refractivity contribution is 7.89. The second-order valence-electron chi connectivity index (χ2n) is 8.39. The van der Waals surface area contributed by atoms with Crippen molar-refractivity contribution in [1.82, 2.24) is 9.62 Å². The number of piperidine rings is 1. The maximum atomic E-state index is 13.0. The van der Waals surface area contributed by atoms with Crippen molar-refractivity contribution in [3.05, 3.63) is 48.0 Å². The van der Waals surface area contributed by atoms with Crippen molar-refractivity contribution in [2.45, 2.75) is 50.0 Å². The van der Waals surface area contributed by atoms with E-state index in [2.05, 4.69) is 5.32 Å². The second kappa shape index (κ2) is 12.1. The Morgan fingerprint density at radius 1 is 1.00 bits per heavy atom. The molecule has 0 aliphatic carbocycles. The molecule has 0 radical (unpaired) electrons. The Kier molecular flexibility index (Phi) is 9.18. The summed E-state index contributed by atoms with van der Waals surface area (Å²) in [5.41, 5.74) is 0.692. The number of benzene rings is 2. The molecule has 0 aromatic heterocycles. The molecule has 3 rings (SSSR count). The summed E-state index contributed by atoms with van der Waals surface area (Å²) < 4.78 is 43.9. The largest absolute Gasteiger partial charge is 0.497 e. The fourth-order valence-electron chi connectivity index (χ4n) is 3.90. The van der Waals surface area contributed by atoms with Crippen molar-refractivity contribution < 1.29 is 27.4 Å². The number of methoxy groups -OCH3 is 2. The van der Waals surface area contributed by atoms with Crippen molar-refractivity contribution in [2.24, 2.45) is 0 Å². The molecule has 9 heteroatoms. The molecular formula is C25H34N2O6S. The van der Waals surface area contributed by atoms with E-state index < -0.39 is 10.0 Å². The fourth-order valence-corrected chi connectivity index (χ4v) is 5.46. The summed E-state index contributed by atoms with van der Waals surface area (Å²) in [5, 5.41) is 2.92. The predicted molar refractivity (Wildman–Crippen MR) is 130 cm³/mol. The van der Waals surface area contributed by atoms with Gasteiger partial charge < -0.3 is 19.5 Å². The van der Waals surface area contributed by atoms with E-state index in [0.29, 0.717) is 43.2 Å². The standard InChI is InChI=1S/C25H34N2O6S/c1-19(18-33-22-10-8-21(31-2)9-11-22)26-25(28)14-7-20-17-23(12-13-24(20)32-3)34(29,30)27-15-5-4-6-16-27/h8-13,17,19H,4-7,14-16,18H2,1-3H3,(H,26,28)/t19-/m1/s1. The summed E-state index contributed by atoms with van der Waals surface area (Å²) in [5.74, 6) is 1.87. The van der Waals surface area contributed by atoms with Gasteiger partial charge in [0.1, 0.15) is 23.9 Å². The Morgan fingerprint density at radius 3 is 2.32 bits per heavy atom. The van der Waals surface area contributed by atoms with Crippen LogP contribution < -0.4 is 19.5 Å². The third kappa shape index (κ3) is 6.87. The third-order valence-corrected chi connectivity index (χ3v) is 7.69. The fraction of sp³-hybridized carbons (Fsp3) is 0.480. The number of sulfonamides is 1. The van der Waals surface area contributed by atoms with Gasteiger partial charge in [0, 0.05) is 19.5 Å². The van der Waals surface area contributed by atoms with Crippen molar-refractivity contribution in [3.63, 3.8) is 0 Å². The van der Waals surface area contributed by atoms with Gasteiger partial charge in [-0.15, -0.1) is 0 Å². The predicted octanol–water partition coefficient (Wildman–Crippen LogP) is 3.39. The molecule has 2 aromatic carbocycles. The Hall–Kier alpha value is -2.78. The first kappa shape index (κ1) is 25.8. The van der Waals surface area contributed by atoms with Gasteiger partial charge in [0.15, 0.2) is 0 Å². The van der Waals surface area contributed by atoms with Gasteiger partial charge in [0.25, 0.3) is 0 Å². The van der Waals surface area contributed by atoms with Gasteiger partial charge in [-0.1, -0.05) is 6.42 Å². The number of nitrogens with zero attached hydrogens (tertiary/aromatic N) is 1. The van der Waals surface area contributed by atoms with E-state index in [4.69, 9.17) is 14.2 Å². The smallest absolute Gasteiger partial charge is 0.243 e. The zero-order chi connectivity index (χ0) is 24.6. The van der Waals surface area contributed by atoms with Crippen LogP contribution in [0.1, 0.15) is 38.2 Å². The summed E-state index contributed by atoms with van der Waals surface area (Å²) in [7, 11) is -0.410. The van der Waals surface area contributed by atoms with Crippen LogP contribution in [0.2, 0.25) is 0 Å². The minimum Gasteiger partial charge on any atom is -0.497 e. The molecule has 0 unspecified atom stereocenters. The highest BCUT2D eigenvalue weighted by Crippen LogP contribution is 2.27. The van der Waals surface area contributed by atoms with Gasteiger partial charge >= 0.3 is 0 Å². The molecule has 1 aliphatic rings. The van der Waals surface area contributed by atoms with Crippen LogP contribution in [-0.2, 0) is 21.2 Å². The van der Waals surface area contributed by atoms with Crippen LogP contribution in [0.15, 0.2) is 47.4 Å². The minimum absolute atomic E-state index is 0.142. The molecule has 0 bridgehead atoms. The van der Waals surface area contributed by atoms with Crippen LogP contribution >= 0.6 is 0 Å². The minimum atomic E-state index is -3.55. The van der Waals surface area contributed by atoms with Crippen LogP contribution in [0.3, 0.4) is 0 Å². The number of ether oxygens (including phenoxy) is 3. The van der Waals surface area contributed by atoms with Crippen LogP contribution in [0.5, 0.6) is 17.2 Å². The SMILES string of the molecule is COc1ccc(OC[C@@H](C)NC(=O)CCc2cc(S(=O)(=O)N3CCCCC3)ccc2OC)cc1. The Bertz CT molecular complexity index is 1050. The average Bonchev–Trinajstić information content (AvgIpc) is 2.86. The Balaban J connectivity index is 1.55. The molecule has 1 saturated heterocycles. The number of hydrogen-bond acceptors (Lipinski definition) is 6. The zero-order valence-corrected chi connectivity index (χ0v) is 20.9. The van der Waals surface area contributed by atoms with Gasteiger partial charge in [-0.3, -0.25) is 4.79 Å². The number of aryl methyl sites for hydroxylation is 1. The zero-order valence-electron chi connectivity index (χ0n) is 20.1. The van der Waals surface area contributed by atoms with Gasteiger partial charge in [-0.2, -0.15) is 4.31 Å². The molecule has 34 heavy (non-hydrogen) atoms.